The lowest BCUT2D eigenvalue weighted by Gasteiger charge is -2.12. The minimum Gasteiger partial charge on any atom is -0.465 e. The quantitative estimate of drug-likeness (QED) is 0.846. The molecule has 0 unspecified atom stereocenters. The zero-order valence-electron chi connectivity index (χ0n) is 11.3. The number of anilines is 1. The first kappa shape index (κ1) is 16.6. The van der Waals surface area contributed by atoms with E-state index in [1.165, 1.54) is 49.6 Å². The van der Waals surface area contributed by atoms with E-state index < -0.39 is 16.0 Å². The lowest BCUT2D eigenvalue weighted by molar-refractivity contribution is 0.0596. The summed E-state index contributed by atoms with van der Waals surface area (Å²) in [5, 5.41) is 0.506. The van der Waals surface area contributed by atoms with E-state index in [1.54, 1.807) is 0 Å². The van der Waals surface area contributed by atoms with Crippen LogP contribution in [0.3, 0.4) is 0 Å². The van der Waals surface area contributed by atoms with Crippen LogP contribution in [-0.4, -0.2) is 21.5 Å². The SMILES string of the molecule is COC(=O)c1ccccc1S(=O)(=O)Nc1cc(Cl)ccc1Cl. The van der Waals surface area contributed by atoms with Crippen LogP contribution in [0.15, 0.2) is 47.4 Å². The van der Waals surface area contributed by atoms with Crippen molar-refractivity contribution in [2.45, 2.75) is 4.90 Å². The molecule has 5 nitrogen and oxygen atoms in total. The average Bonchev–Trinajstić information content (AvgIpc) is 2.50. The van der Waals surface area contributed by atoms with Gasteiger partial charge in [-0.05, 0) is 30.3 Å². The van der Waals surface area contributed by atoms with Crippen LogP contribution in [0.25, 0.3) is 0 Å². The maximum absolute atomic E-state index is 12.5. The molecule has 116 valence electrons. The molecule has 0 atom stereocenters. The van der Waals surface area contributed by atoms with Crippen molar-refractivity contribution in [3.63, 3.8) is 0 Å². The molecular weight excluding hydrogens is 349 g/mol. The number of sulfonamides is 1. The molecule has 2 aromatic carbocycles. The van der Waals surface area contributed by atoms with E-state index in [0.717, 1.165) is 0 Å². The normalized spacial score (nSPS) is 11.0. The second kappa shape index (κ2) is 6.56. The van der Waals surface area contributed by atoms with E-state index in [4.69, 9.17) is 23.2 Å². The van der Waals surface area contributed by atoms with Crippen LogP contribution in [0, 0.1) is 0 Å². The molecule has 8 heteroatoms. The summed E-state index contributed by atoms with van der Waals surface area (Å²) < 4.78 is 31.9. The van der Waals surface area contributed by atoms with Crippen molar-refractivity contribution in [2.24, 2.45) is 0 Å². The highest BCUT2D eigenvalue weighted by molar-refractivity contribution is 7.92. The average molecular weight is 360 g/mol. The fourth-order valence-corrected chi connectivity index (χ4v) is 3.41. The molecule has 2 rings (SSSR count). The van der Waals surface area contributed by atoms with Crippen molar-refractivity contribution in [2.75, 3.05) is 11.8 Å². The van der Waals surface area contributed by atoms with Crippen molar-refractivity contribution in [3.05, 3.63) is 58.1 Å². The summed E-state index contributed by atoms with van der Waals surface area (Å²) in [6.45, 7) is 0. The summed E-state index contributed by atoms with van der Waals surface area (Å²) in [5.74, 6) is -0.752. The standard InChI is InChI=1S/C14H11Cl2NO4S/c1-21-14(18)10-4-2-3-5-13(10)22(19,20)17-12-8-9(15)6-7-11(12)16/h2-8,17H,1H3. The first-order valence-corrected chi connectivity index (χ1v) is 8.24. The first-order chi connectivity index (χ1) is 10.3. The summed E-state index contributed by atoms with van der Waals surface area (Å²) >= 11 is 11.8. The predicted molar refractivity (Wildman–Crippen MR) is 85.1 cm³/mol. The highest BCUT2D eigenvalue weighted by Gasteiger charge is 2.23. The van der Waals surface area contributed by atoms with Crippen LogP contribution >= 0.6 is 23.2 Å². The smallest absolute Gasteiger partial charge is 0.339 e. The zero-order valence-corrected chi connectivity index (χ0v) is 13.7. The second-order valence-electron chi connectivity index (χ2n) is 4.22. The minimum atomic E-state index is -4.03. The largest absolute Gasteiger partial charge is 0.465 e. The number of hydrogen-bond acceptors (Lipinski definition) is 4. The summed E-state index contributed by atoms with van der Waals surface area (Å²) in [7, 11) is -2.86. The topological polar surface area (TPSA) is 72.5 Å². The van der Waals surface area contributed by atoms with Gasteiger partial charge in [-0.25, -0.2) is 13.2 Å². The Morgan fingerprint density at radius 1 is 1.14 bits per heavy atom. The summed E-state index contributed by atoms with van der Waals surface area (Å²) in [6, 6.07) is 10.1. The van der Waals surface area contributed by atoms with Crippen molar-refractivity contribution in [1.29, 1.82) is 0 Å². The number of ether oxygens (including phenoxy) is 1. The lowest BCUT2D eigenvalue weighted by atomic mass is 10.2. The Kier molecular flexibility index (Phi) is 4.95. The molecule has 0 aliphatic heterocycles. The summed E-state index contributed by atoms with van der Waals surface area (Å²) in [5.41, 5.74) is 0.0458. The Morgan fingerprint density at radius 2 is 1.82 bits per heavy atom. The number of hydrogen-bond donors (Lipinski definition) is 1. The highest BCUT2D eigenvalue weighted by Crippen LogP contribution is 2.28. The van der Waals surface area contributed by atoms with Crippen LogP contribution < -0.4 is 4.72 Å². The Morgan fingerprint density at radius 3 is 2.50 bits per heavy atom. The number of benzene rings is 2. The number of halogens is 2. The van der Waals surface area contributed by atoms with Crippen molar-refractivity contribution >= 4 is 44.9 Å². The number of esters is 1. The minimum absolute atomic E-state index is 0.0735. The summed E-state index contributed by atoms with van der Waals surface area (Å²) in [4.78, 5) is 11.5. The highest BCUT2D eigenvalue weighted by atomic mass is 35.5. The van der Waals surface area contributed by atoms with Crippen molar-refractivity contribution < 1.29 is 17.9 Å². The molecule has 0 aromatic heterocycles. The van der Waals surface area contributed by atoms with Gasteiger partial charge in [-0.2, -0.15) is 0 Å². The molecule has 0 amide bonds. The number of carbonyl (C=O) groups is 1. The molecule has 0 radical (unpaired) electrons. The monoisotopic (exact) mass is 359 g/mol. The molecule has 0 spiro atoms. The van der Waals surface area contributed by atoms with Crippen molar-refractivity contribution in [3.8, 4) is 0 Å². The van der Waals surface area contributed by atoms with Gasteiger partial charge in [0.15, 0.2) is 0 Å². The van der Waals surface area contributed by atoms with Crippen LogP contribution in [-0.2, 0) is 14.8 Å². The van der Waals surface area contributed by atoms with E-state index in [9.17, 15) is 13.2 Å². The second-order valence-corrected chi connectivity index (χ2v) is 6.71. The first-order valence-electron chi connectivity index (χ1n) is 6.00. The fraction of sp³-hybridized carbons (Fsp3) is 0.0714. The van der Waals surface area contributed by atoms with Gasteiger partial charge in [-0.1, -0.05) is 35.3 Å². The van der Waals surface area contributed by atoms with Gasteiger partial charge in [0.05, 0.1) is 23.4 Å². The van der Waals surface area contributed by atoms with Crippen LogP contribution in [0.2, 0.25) is 10.0 Å². The summed E-state index contributed by atoms with van der Waals surface area (Å²) in [6.07, 6.45) is 0. The molecule has 22 heavy (non-hydrogen) atoms. The van der Waals surface area contributed by atoms with Gasteiger partial charge in [0.2, 0.25) is 0 Å². The van der Waals surface area contributed by atoms with E-state index in [1.807, 2.05) is 0 Å². The van der Waals surface area contributed by atoms with E-state index in [2.05, 4.69) is 9.46 Å². The van der Waals surface area contributed by atoms with E-state index in [-0.39, 0.29) is 21.2 Å². The van der Waals surface area contributed by atoms with Crippen LogP contribution in [0.4, 0.5) is 5.69 Å². The third-order valence-electron chi connectivity index (χ3n) is 2.75. The van der Waals surface area contributed by atoms with Crippen LogP contribution in [0.1, 0.15) is 10.4 Å². The van der Waals surface area contributed by atoms with Gasteiger partial charge in [0.25, 0.3) is 10.0 Å². The molecule has 0 aliphatic rings. The lowest BCUT2D eigenvalue weighted by Crippen LogP contribution is -2.17. The van der Waals surface area contributed by atoms with Gasteiger partial charge in [0.1, 0.15) is 4.90 Å². The molecule has 1 N–H and O–H groups in total. The molecule has 0 heterocycles. The number of methoxy groups -OCH3 is 1. The zero-order chi connectivity index (χ0) is 16.3. The third kappa shape index (κ3) is 3.52. The molecule has 0 bridgehead atoms. The van der Waals surface area contributed by atoms with E-state index >= 15 is 0 Å². The molecule has 2 aromatic rings. The van der Waals surface area contributed by atoms with Crippen molar-refractivity contribution in [1.82, 2.24) is 0 Å². The van der Waals surface area contributed by atoms with E-state index in [0.29, 0.717) is 5.02 Å². The number of nitrogens with one attached hydrogen (secondary N) is 1. The Bertz CT molecular complexity index is 821. The van der Waals surface area contributed by atoms with Gasteiger partial charge < -0.3 is 4.74 Å². The van der Waals surface area contributed by atoms with Gasteiger partial charge in [-0.3, -0.25) is 4.72 Å². The number of carbonyl (C=O) groups excluding carboxylic acids is 1. The molecular formula is C14H11Cl2NO4S. The maximum atomic E-state index is 12.5. The fourth-order valence-electron chi connectivity index (χ4n) is 1.76. The molecule has 0 fully saturated rings. The number of rotatable bonds is 4. The maximum Gasteiger partial charge on any atom is 0.339 e. The molecule has 0 saturated carbocycles. The Hall–Kier alpha value is -1.76. The van der Waals surface area contributed by atoms with Gasteiger partial charge in [-0.15, -0.1) is 0 Å². The van der Waals surface area contributed by atoms with Crippen LogP contribution in [0.5, 0.6) is 0 Å². The Balaban J connectivity index is 2.48. The Labute approximate surface area is 137 Å². The third-order valence-corrected chi connectivity index (χ3v) is 4.74. The predicted octanol–water partition coefficient (Wildman–Crippen LogP) is 3.58. The molecule has 0 aliphatic carbocycles. The van der Waals surface area contributed by atoms with Gasteiger partial charge >= 0.3 is 5.97 Å². The van der Waals surface area contributed by atoms with Gasteiger partial charge in [0, 0.05) is 5.02 Å². The molecule has 0 saturated heterocycles.